The molecule has 1 spiro atoms. The summed E-state index contributed by atoms with van der Waals surface area (Å²) in [5.74, 6) is 1.55. The Morgan fingerprint density at radius 3 is 2.69 bits per heavy atom. The van der Waals surface area contributed by atoms with E-state index in [4.69, 9.17) is 20.4 Å². The molecule has 2 aromatic heterocycles. The van der Waals surface area contributed by atoms with E-state index in [-0.39, 0.29) is 23.6 Å². The highest BCUT2D eigenvalue weighted by Gasteiger charge is 2.47. The number of hydrogen-bond donors (Lipinski definition) is 3. The standard InChI is InChI=1S/C24H31N9O2/c1-15-20(25)24(14-35-15)7-9-31(10-8-24)18-13-27-19-21(28-18)29-30-22(19)32-11-12-33(23(34)26-2)17-6-4-3-5-16(17)32/h3-6,13,15,20H,7-12,14,25H2,1-2H3,(H,26,34)(H,28,29,30)/t15-,20+/m0/s1. The third-order valence-corrected chi connectivity index (χ3v) is 7.89. The largest absolute Gasteiger partial charge is 0.376 e. The Balaban J connectivity index is 1.25. The van der Waals surface area contributed by atoms with E-state index >= 15 is 0 Å². The Morgan fingerprint density at radius 2 is 1.97 bits per heavy atom. The number of urea groups is 1. The molecule has 11 heteroatoms. The van der Waals surface area contributed by atoms with E-state index in [0.29, 0.717) is 30.1 Å². The molecule has 35 heavy (non-hydrogen) atoms. The maximum Gasteiger partial charge on any atom is 0.321 e. The molecule has 5 heterocycles. The number of nitrogens with zero attached hydrogens (tertiary/aromatic N) is 6. The van der Waals surface area contributed by atoms with Crippen molar-refractivity contribution in [2.24, 2.45) is 11.1 Å². The van der Waals surface area contributed by atoms with Gasteiger partial charge in [-0.3, -0.25) is 10.00 Å². The number of rotatable bonds is 2. The van der Waals surface area contributed by atoms with E-state index in [1.165, 1.54) is 0 Å². The second-order valence-electron chi connectivity index (χ2n) is 9.71. The summed E-state index contributed by atoms with van der Waals surface area (Å²) >= 11 is 0. The van der Waals surface area contributed by atoms with Crippen molar-refractivity contribution in [3.8, 4) is 0 Å². The molecule has 0 unspecified atom stereocenters. The fourth-order valence-electron chi connectivity index (χ4n) is 5.70. The monoisotopic (exact) mass is 477 g/mol. The Bertz CT molecular complexity index is 1250. The molecule has 3 aromatic rings. The van der Waals surface area contributed by atoms with Crippen molar-refractivity contribution in [2.75, 3.05) is 54.5 Å². The lowest BCUT2D eigenvalue weighted by molar-refractivity contribution is 0.0974. The maximum absolute atomic E-state index is 12.4. The predicted molar refractivity (Wildman–Crippen MR) is 134 cm³/mol. The molecule has 0 saturated carbocycles. The smallest absolute Gasteiger partial charge is 0.321 e. The van der Waals surface area contributed by atoms with Crippen molar-refractivity contribution in [1.29, 1.82) is 0 Å². The van der Waals surface area contributed by atoms with Crippen LogP contribution in [-0.2, 0) is 4.74 Å². The number of carbonyl (C=O) groups excluding carboxylic acids is 1. The van der Waals surface area contributed by atoms with Gasteiger partial charge in [-0.15, -0.1) is 0 Å². The number of anilines is 4. The number of nitrogens with one attached hydrogen (secondary N) is 2. The number of aromatic nitrogens is 4. The number of piperidine rings is 1. The minimum Gasteiger partial charge on any atom is -0.376 e. The Labute approximate surface area is 203 Å². The number of ether oxygens (including phenoxy) is 1. The molecule has 4 N–H and O–H groups in total. The van der Waals surface area contributed by atoms with Gasteiger partial charge in [0.2, 0.25) is 0 Å². The summed E-state index contributed by atoms with van der Waals surface area (Å²) in [6.07, 6.45) is 3.92. The van der Waals surface area contributed by atoms with E-state index in [1.807, 2.05) is 30.5 Å². The van der Waals surface area contributed by atoms with Crippen molar-refractivity contribution in [3.05, 3.63) is 30.5 Å². The first-order chi connectivity index (χ1) is 17.0. The third-order valence-electron chi connectivity index (χ3n) is 7.89. The van der Waals surface area contributed by atoms with E-state index in [1.54, 1.807) is 11.9 Å². The zero-order valence-electron chi connectivity index (χ0n) is 20.1. The molecule has 2 atom stereocenters. The quantitative estimate of drug-likeness (QED) is 0.511. The molecule has 2 amide bonds. The molecule has 0 radical (unpaired) electrons. The highest BCUT2D eigenvalue weighted by molar-refractivity contribution is 5.99. The molecule has 3 aliphatic rings. The first kappa shape index (κ1) is 22.1. The fraction of sp³-hybridized carbons (Fsp3) is 0.500. The topological polar surface area (TPSA) is 129 Å². The molecule has 184 valence electrons. The van der Waals surface area contributed by atoms with Crippen LogP contribution in [0.3, 0.4) is 0 Å². The van der Waals surface area contributed by atoms with Gasteiger partial charge >= 0.3 is 6.03 Å². The molecular weight excluding hydrogens is 446 g/mol. The molecule has 3 aliphatic heterocycles. The number of fused-ring (bicyclic) bond motifs is 2. The van der Waals surface area contributed by atoms with Gasteiger partial charge in [0, 0.05) is 44.7 Å². The average Bonchev–Trinajstić information content (AvgIpc) is 3.44. The maximum atomic E-state index is 12.4. The summed E-state index contributed by atoms with van der Waals surface area (Å²) in [5, 5.41) is 10.4. The van der Waals surface area contributed by atoms with Crippen LogP contribution < -0.4 is 25.8 Å². The van der Waals surface area contributed by atoms with Crippen molar-refractivity contribution < 1.29 is 9.53 Å². The minimum absolute atomic E-state index is 0.0683. The van der Waals surface area contributed by atoms with Crippen LogP contribution in [0.5, 0.6) is 0 Å². The number of para-hydroxylation sites is 2. The molecule has 2 saturated heterocycles. The van der Waals surface area contributed by atoms with Gasteiger partial charge in [0.1, 0.15) is 5.82 Å². The minimum atomic E-state index is -0.128. The van der Waals surface area contributed by atoms with Crippen LogP contribution in [0.25, 0.3) is 11.2 Å². The van der Waals surface area contributed by atoms with E-state index in [2.05, 4.69) is 32.2 Å². The average molecular weight is 478 g/mol. The van der Waals surface area contributed by atoms with Crippen LogP contribution in [0.2, 0.25) is 0 Å². The molecule has 2 fully saturated rings. The highest BCUT2D eigenvalue weighted by Crippen LogP contribution is 2.42. The van der Waals surface area contributed by atoms with Gasteiger partial charge in [-0.2, -0.15) is 5.10 Å². The first-order valence-corrected chi connectivity index (χ1v) is 12.2. The number of hydrogen-bond acceptors (Lipinski definition) is 8. The highest BCUT2D eigenvalue weighted by atomic mass is 16.5. The summed E-state index contributed by atoms with van der Waals surface area (Å²) in [4.78, 5) is 28.1. The van der Waals surface area contributed by atoms with E-state index < -0.39 is 0 Å². The van der Waals surface area contributed by atoms with Gasteiger partial charge in [-0.05, 0) is 31.9 Å². The molecule has 6 rings (SSSR count). The van der Waals surface area contributed by atoms with Gasteiger partial charge in [-0.1, -0.05) is 12.1 Å². The van der Waals surface area contributed by atoms with Crippen LogP contribution in [0.15, 0.2) is 30.5 Å². The van der Waals surface area contributed by atoms with Crippen molar-refractivity contribution in [1.82, 2.24) is 25.5 Å². The fourth-order valence-corrected chi connectivity index (χ4v) is 5.70. The van der Waals surface area contributed by atoms with Gasteiger partial charge in [0.05, 0.1) is 30.3 Å². The summed E-state index contributed by atoms with van der Waals surface area (Å²) in [5.41, 5.74) is 9.65. The lowest BCUT2D eigenvalue weighted by Gasteiger charge is -2.41. The van der Waals surface area contributed by atoms with Crippen LogP contribution in [0.1, 0.15) is 19.8 Å². The first-order valence-electron chi connectivity index (χ1n) is 12.2. The lowest BCUT2D eigenvalue weighted by atomic mass is 9.73. The van der Waals surface area contributed by atoms with Gasteiger partial charge in [0.15, 0.2) is 17.0 Å². The van der Waals surface area contributed by atoms with Crippen molar-refractivity contribution in [3.63, 3.8) is 0 Å². The van der Waals surface area contributed by atoms with E-state index in [0.717, 1.165) is 49.7 Å². The lowest BCUT2D eigenvalue weighted by Crippen LogP contribution is -2.50. The van der Waals surface area contributed by atoms with Crippen molar-refractivity contribution in [2.45, 2.75) is 31.9 Å². The van der Waals surface area contributed by atoms with Gasteiger partial charge in [-0.25, -0.2) is 14.8 Å². The van der Waals surface area contributed by atoms with Crippen LogP contribution in [0.4, 0.5) is 27.8 Å². The number of carbonyl (C=O) groups is 1. The summed E-state index contributed by atoms with van der Waals surface area (Å²) in [6.45, 7) is 5.70. The number of aromatic amines is 1. The van der Waals surface area contributed by atoms with Gasteiger partial charge < -0.3 is 25.6 Å². The van der Waals surface area contributed by atoms with Crippen LogP contribution in [-0.4, -0.2) is 78.2 Å². The Hall–Kier alpha value is -3.44. The summed E-state index contributed by atoms with van der Waals surface area (Å²) in [6, 6.07) is 7.79. The number of benzene rings is 1. The van der Waals surface area contributed by atoms with Crippen LogP contribution >= 0.6 is 0 Å². The normalized spacial score (nSPS) is 23.7. The van der Waals surface area contributed by atoms with Gasteiger partial charge in [0.25, 0.3) is 0 Å². The SMILES string of the molecule is CNC(=O)N1CCN(c2n[nH]c3nc(N4CCC5(CC4)CO[C@@H](C)[C@H]5N)cnc23)c2ccccc21. The molecule has 0 aliphatic carbocycles. The second-order valence-corrected chi connectivity index (χ2v) is 9.71. The van der Waals surface area contributed by atoms with E-state index in [9.17, 15) is 4.79 Å². The number of amides is 2. The second kappa shape index (κ2) is 8.35. The summed E-state index contributed by atoms with van der Waals surface area (Å²) < 4.78 is 5.85. The predicted octanol–water partition coefficient (Wildman–Crippen LogP) is 1.98. The Kier molecular flexibility index (Phi) is 5.26. The molecule has 11 nitrogen and oxygen atoms in total. The van der Waals surface area contributed by atoms with Crippen molar-refractivity contribution >= 4 is 40.2 Å². The summed E-state index contributed by atoms with van der Waals surface area (Å²) in [7, 11) is 1.64. The molecular formula is C24H31N9O2. The number of nitrogens with two attached hydrogens (primary N) is 1. The number of H-pyrrole nitrogens is 1. The Morgan fingerprint density at radius 1 is 1.20 bits per heavy atom. The van der Waals surface area contributed by atoms with Crippen LogP contribution in [0, 0.1) is 5.41 Å². The zero-order chi connectivity index (χ0) is 24.2. The third kappa shape index (κ3) is 3.49. The molecule has 0 bridgehead atoms. The molecule has 1 aromatic carbocycles. The zero-order valence-corrected chi connectivity index (χ0v) is 20.1.